The number of nitrogens with one attached hydrogen (secondary N) is 1. The van der Waals surface area contributed by atoms with Crippen molar-refractivity contribution < 1.29 is 19.1 Å². The van der Waals surface area contributed by atoms with E-state index < -0.39 is 0 Å². The lowest BCUT2D eigenvalue weighted by Crippen LogP contribution is -2.48. The summed E-state index contributed by atoms with van der Waals surface area (Å²) in [6.45, 7) is 6.95. The Morgan fingerprint density at radius 1 is 1.25 bits per heavy atom. The van der Waals surface area contributed by atoms with Gasteiger partial charge in [-0.1, -0.05) is 6.07 Å². The first kappa shape index (κ1) is 20.6. The van der Waals surface area contributed by atoms with E-state index in [4.69, 9.17) is 9.47 Å². The normalized spacial score (nSPS) is 20.6. The summed E-state index contributed by atoms with van der Waals surface area (Å²) in [4.78, 5) is 29.3. The summed E-state index contributed by atoms with van der Waals surface area (Å²) in [6.07, 6.45) is 2.32. The monoisotopic (exact) mass is 389 g/mol. The molecule has 2 aliphatic heterocycles. The van der Waals surface area contributed by atoms with E-state index in [2.05, 4.69) is 10.2 Å². The smallest absolute Gasteiger partial charge is 0.227 e. The zero-order valence-electron chi connectivity index (χ0n) is 16.9. The van der Waals surface area contributed by atoms with Crippen molar-refractivity contribution in [2.45, 2.75) is 26.2 Å². The number of aryl methyl sites for hydroxylation is 1. The molecular formula is C21H31N3O4. The first-order valence-electron chi connectivity index (χ1n) is 10.1. The van der Waals surface area contributed by atoms with Gasteiger partial charge in [-0.2, -0.15) is 0 Å². The molecule has 7 nitrogen and oxygen atoms in total. The summed E-state index contributed by atoms with van der Waals surface area (Å²) in [7, 11) is 1.60. The molecule has 1 aromatic rings. The van der Waals surface area contributed by atoms with E-state index in [0.717, 1.165) is 31.5 Å². The molecule has 3 rings (SSSR count). The third kappa shape index (κ3) is 5.45. The van der Waals surface area contributed by atoms with E-state index in [1.165, 1.54) is 0 Å². The van der Waals surface area contributed by atoms with Gasteiger partial charge in [0.1, 0.15) is 5.75 Å². The Hall–Kier alpha value is -2.12. The largest absolute Gasteiger partial charge is 0.495 e. The SMILES string of the molecule is COc1ccc(C)cc1NC(=O)CCN1CCCC(C(=O)N2CCOCC2)C1. The van der Waals surface area contributed by atoms with Gasteiger partial charge < -0.3 is 24.6 Å². The molecule has 1 N–H and O–H groups in total. The van der Waals surface area contributed by atoms with Crippen LogP contribution in [-0.2, 0) is 14.3 Å². The fraction of sp³-hybridized carbons (Fsp3) is 0.619. The predicted molar refractivity (Wildman–Crippen MR) is 108 cm³/mol. The Morgan fingerprint density at radius 3 is 2.79 bits per heavy atom. The van der Waals surface area contributed by atoms with Crippen LogP contribution in [0.2, 0.25) is 0 Å². The molecule has 1 unspecified atom stereocenters. The average Bonchev–Trinajstić information content (AvgIpc) is 2.73. The van der Waals surface area contributed by atoms with E-state index in [9.17, 15) is 9.59 Å². The molecule has 0 spiro atoms. The van der Waals surface area contributed by atoms with E-state index in [0.29, 0.717) is 50.7 Å². The van der Waals surface area contributed by atoms with Crippen molar-refractivity contribution in [1.82, 2.24) is 9.80 Å². The summed E-state index contributed by atoms with van der Waals surface area (Å²) in [6, 6.07) is 5.72. The maximum Gasteiger partial charge on any atom is 0.227 e. The first-order chi connectivity index (χ1) is 13.6. The number of methoxy groups -OCH3 is 1. The van der Waals surface area contributed by atoms with E-state index in [-0.39, 0.29) is 17.7 Å². The minimum absolute atomic E-state index is 0.0341. The van der Waals surface area contributed by atoms with Crippen molar-refractivity contribution in [2.24, 2.45) is 5.92 Å². The van der Waals surface area contributed by atoms with Crippen LogP contribution in [0.3, 0.4) is 0 Å². The number of rotatable bonds is 6. The number of benzene rings is 1. The molecular weight excluding hydrogens is 358 g/mol. The highest BCUT2D eigenvalue weighted by atomic mass is 16.5. The molecule has 0 aliphatic carbocycles. The summed E-state index contributed by atoms with van der Waals surface area (Å²) in [5, 5.41) is 2.95. The number of hydrogen-bond donors (Lipinski definition) is 1. The predicted octanol–water partition coefficient (Wildman–Crippen LogP) is 1.90. The van der Waals surface area contributed by atoms with Crippen LogP contribution in [0, 0.1) is 12.8 Å². The van der Waals surface area contributed by atoms with Crippen molar-refractivity contribution in [3.63, 3.8) is 0 Å². The fourth-order valence-electron chi connectivity index (χ4n) is 3.89. The van der Waals surface area contributed by atoms with Crippen LogP contribution in [0.4, 0.5) is 5.69 Å². The van der Waals surface area contributed by atoms with E-state index in [1.54, 1.807) is 7.11 Å². The van der Waals surface area contributed by atoms with Gasteiger partial charge in [-0.05, 0) is 44.0 Å². The maximum atomic E-state index is 12.7. The van der Waals surface area contributed by atoms with Crippen molar-refractivity contribution in [1.29, 1.82) is 0 Å². The quantitative estimate of drug-likeness (QED) is 0.805. The molecule has 28 heavy (non-hydrogen) atoms. The second-order valence-corrected chi connectivity index (χ2v) is 7.58. The molecule has 2 amide bonds. The number of amides is 2. The molecule has 2 fully saturated rings. The molecule has 0 bridgehead atoms. The lowest BCUT2D eigenvalue weighted by Gasteiger charge is -2.36. The molecule has 2 heterocycles. The van der Waals surface area contributed by atoms with E-state index in [1.807, 2.05) is 30.0 Å². The molecule has 7 heteroatoms. The Bertz CT molecular complexity index is 688. The number of anilines is 1. The molecule has 2 saturated heterocycles. The van der Waals surface area contributed by atoms with Crippen LogP contribution in [0.1, 0.15) is 24.8 Å². The van der Waals surface area contributed by atoms with Crippen LogP contribution < -0.4 is 10.1 Å². The van der Waals surface area contributed by atoms with Gasteiger partial charge in [0, 0.05) is 32.6 Å². The third-order valence-corrected chi connectivity index (χ3v) is 5.46. The summed E-state index contributed by atoms with van der Waals surface area (Å²) in [5.41, 5.74) is 1.77. The summed E-state index contributed by atoms with van der Waals surface area (Å²) >= 11 is 0. The van der Waals surface area contributed by atoms with Crippen molar-refractivity contribution in [3.05, 3.63) is 23.8 Å². The van der Waals surface area contributed by atoms with Crippen LogP contribution >= 0.6 is 0 Å². The highest BCUT2D eigenvalue weighted by molar-refractivity contribution is 5.92. The molecule has 0 radical (unpaired) electrons. The molecule has 0 aromatic heterocycles. The van der Waals surface area contributed by atoms with Gasteiger partial charge in [0.25, 0.3) is 0 Å². The Kier molecular flexibility index (Phi) is 7.28. The Labute approximate surface area is 167 Å². The molecule has 1 atom stereocenters. The van der Waals surface area contributed by atoms with Crippen molar-refractivity contribution >= 4 is 17.5 Å². The summed E-state index contributed by atoms with van der Waals surface area (Å²) in [5.74, 6) is 0.896. The molecule has 0 saturated carbocycles. The lowest BCUT2D eigenvalue weighted by molar-refractivity contribution is -0.141. The van der Waals surface area contributed by atoms with Gasteiger partial charge in [-0.25, -0.2) is 0 Å². The minimum Gasteiger partial charge on any atom is -0.495 e. The van der Waals surface area contributed by atoms with Crippen LogP contribution in [0.5, 0.6) is 5.75 Å². The Morgan fingerprint density at radius 2 is 2.04 bits per heavy atom. The Balaban J connectivity index is 1.48. The number of ether oxygens (including phenoxy) is 2. The zero-order chi connectivity index (χ0) is 19.9. The topological polar surface area (TPSA) is 71.1 Å². The van der Waals surface area contributed by atoms with Gasteiger partial charge in [0.05, 0.1) is 31.9 Å². The van der Waals surface area contributed by atoms with Gasteiger partial charge in [0.15, 0.2) is 0 Å². The third-order valence-electron chi connectivity index (χ3n) is 5.46. The lowest BCUT2D eigenvalue weighted by atomic mass is 9.96. The van der Waals surface area contributed by atoms with Gasteiger partial charge >= 0.3 is 0 Å². The molecule has 2 aliphatic rings. The number of likely N-dealkylation sites (tertiary alicyclic amines) is 1. The highest BCUT2D eigenvalue weighted by Crippen LogP contribution is 2.25. The number of carbonyl (C=O) groups excluding carboxylic acids is 2. The second kappa shape index (κ2) is 9.89. The van der Waals surface area contributed by atoms with Gasteiger partial charge in [0.2, 0.25) is 11.8 Å². The molecule has 1 aromatic carbocycles. The second-order valence-electron chi connectivity index (χ2n) is 7.58. The van der Waals surface area contributed by atoms with Crippen LogP contribution in [0.25, 0.3) is 0 Å². The number of morpholine rings is 1. The average molecular weight is 389 g/mol. The number of nitrogens with zero attached hydrogens (tertiary/aromatic N) is 2. The maximum absolute atomic E-state index is 12.7. The number of piperidine rings is 1. The van der Waals surface area contributed by atoms with E-state index >= 15 is 0 Å². The summed E-state index contributed by atoms with van der Waals surface area (Å²) < 4.78 is 10.7. The number of carbonyl (C=O) groups is 2. The minimum atomic E-state index is -0.0365. The standard InChI is InChI=1S/C21H31N3O4/c1-16-5-6-19(27-2)18(14-16)22-20(25)7-9-23-8-3-4-17(15-23)21(26)24-10-12-28-13-11-24/h5-6,14,17H,3-4,7-13,15H2,1-2H3,(H,22,25). The van der Waals surface area contributed by atoms with Crippen molar-refractivity contribution in [2.75, 3.05) is 58.4 Å². The zero-order valence-corrected chi connectivity index (χ0v) is 16.9. The van der Waals surface area contributed by atoms with Gasteiger partial charge in [-0.15, -0.1) is 0 Å². The van der Waals surface area contributed by atoms with Crippen LogP contribution in [-0.4, -0.2) is 74.7 Å². The number of hydrogen-bond acceptors (Lipinski definition) is 5. The van der Waals surface area contributed by atoms with Crippen LogP contribution in [0.15, 0.2) is 18.2 Å². The van der Waals surface area contributed by atoms with Crippen molar-refractivity contribution in [3.8, 4) is 5.75 Å². The molecule has 154 valence electrons. The fourth-order valence-corrected chi connectivity index (χ4v) is 3.89. The highest BCUT2D eigenvalue weighted by Gasteiger charge is 2.30. The van der Waals surface area contributed by atoms with Gasteiger partial charge in [-0.3, -0.25) is 9.59 Å². The first-order valence-corrected chi connectivity index (χ1v) is 10.1.